The molecule has 6 nitrogen and oxygen atoms in total. The van der Waals surface area contributed by atoms with E-state index in [0.717, 1.165) is 10.3 Å². The van der Waals surface area contributed by atoms with Gasteiger partial charge in [-0.2, -0.15) is 13.2 Å². The van der Waals surface area contributed by atoms with Gasteiger partial charge in [-0.05, 0) is 43.2 Å². The molecule has 0 fully saturated rings. The number of rotatable bonds is 7. The molecule has 0 bridgehead atoms. The Kier molecular flexibility index (Phi) is 6.86. The average molecular weight is 504 g/mol. The Labute approximate surface area is 204 Å². The van der Waals surface area contributed by atoms with Gasteiger partial charge in [-0.1, -0.05) is 24.3 Å². The van der Waals surface area contributed by atoms with E-state index in [9.17, 15) is 18.3 Å². The molecule has 2 aromatic carbocycles. The Morgan fingerprint density at radius 2 is 1.69 bits per heavy atom. The normalized spacial score (nSPS) is 13.5. The van der Waals surface area contributed by atoms with Gasteiger partial charge in [-0.25, -0.2) is 9.97 Å². The maximum absolute atomic E-state index is 13.2. The molecule has 2 atom stereocenters. The largest absolute Gasteiger partial charge is 0.493 e. The minimum atomic E-state index is -4.75. The molecule has 0 aliphatic heterocycles. The number of fused-ring (bicyclic) bond motifs is 1. The first-order valence-electron chi connectivity index (χ1n) is 10.7. The summed E-state index contributed by atoms with van der Waals surface area (Å²) in [6.45, 7) is 3.73. The van der Waals surface area contributed by atoms with Gasteiger partial charge in [0.15, 0.2) is 17.6 Å². The van der Waals surface area contributed by atoms with E-state index in [-0.39, 0.29) is 11.6 Å². The topological polar surface area (TPSA) is 76.5 Å². The smallest absolute Gasteiger partial charge is 0.418 e. The van der Waals surface area contributed by atoms with Gasteiger partial charge in [-0.3, -0.25) is 0 Å². The quantitative estimate of drug-likeness (QED) is 0.302. The van der Waals surface area contributed by atoms with E-state index in [0.29, 0.717) is 39.1 Å². The van der Waals surface area contributed by atoms with Crippen LogP contribution in [0.15, 0.2) is 48.5 Å². The highest BCUT2D eigenvalue weighted by Crippen LogP contribution is 2.41. The number of thiophene rings is 1. The first-order valence-corrected chi connectivity index (χ1v) is 11.5. The number of anilines is 1. The Balaban J connectivity index is 1.67. The number of aliphatic hydroxyl groups is 1. The zero-order valence-corrected chi connectivity index (χ0v) is 20.3. The van der Waals surface area contributed by atoms with Crippen molar-refractivity contribution >= 4 is 28.1 Å². The molecule has 2 heterocycles. The molecule has 0 radical (unpaired) electrons. The van der Waals surface area contributed by atoms with Crippen LogP contribution in [0.25, 0.3) is 21.3 Å². The Hall–Kier alpha value is -3.37. The van der Waals surface area contributed by atoms with Crippen LogP contribution in [0, 0.1) is 6.92 Å². The number of aliphatic hydroxyl groups excluding tert-OH is 1. The van der Waals surface area contributed by atoms with E-state index in [4.69, 9.17) is 9.47 Å². The lowest BCUT2D eigenvalue weighted by atomic mass is 10.0. The van der Waals surface area contributed by atoms with Crippen LogP contribution in [0.2, 0.25) is 0 Å². The maximum atomic E-state index is 13.2. The molecule has 0 amide bonds. The molecule has 4 aromatic rings. The van der Waals surface area contributed by atoms with Gasteiger partial charge in [0.1, 0.15) is 11.6 Å². The second kappa shape index (κ2) is 9.71. The summed E-state index contributed by atoms with van der Waals surface area (Å²) in [6.07, 6.45) is -7.30. The van der Waals surface area contributed by atoms with Crippen LogP contribution in [-0.4, -0.2) is 35.5 Å². The van der Waals surface area contributed by atoms with E-state index in [1.165, 1.54) is 23.5 Å². The van der Waals surface area contributed by atoms with Gasteiger partial charge in [0, 0.05) is 21.2 Å². The van der Waals surface area contributed by atoms with Crippen molar-refractivity contribution in [2.24, 2.45) is 0 Å². The van der Waals surface area contributed by atoms with Crippen LogP contribution >= 0.6 is 11.3 Å². The molecule has 10 heteroatoms. The van der Waals surface area contributed by atoms with Crippen molar-refractivity contribution in [1.82, 2.24) is 9.97 Å². The fourth-order valence-corrected chi connectivity index (χ4v) is 4.88. The van der Waals surface area contributed by atoms with Crippen LogP contribution in [-0.2, 0) is 0 Å². The number of benzene rings is 2. The molecule has 0 aliphatic rings. The van der Waals surface area contributed by atoms with Crippen LogP contribution in [0.4, 0.5) is 19.0 Å². The van der Waals surface area contributed by atoms with Crippen LogP contribution in [0.5, 0.6) is 11.5 Å². The number of alkyl halides is 3. The molecule has 0 saturated carbocycles. The van der Waals surface area contributed by atoms with Crippen molar-refractivity contribution < 1.29 is 27.8 Å². The molecule has 184 valence electrons. The van der Waals surface area contributed by atoms with E-state index in [1.54, 1.807) is 51.5 Å². The minimum absolute atomic E-state index is 0.174. The summed E-state index contributed by atoms with van der Waals surface area (Å²) in [5, 5.41) is 14.0. The second-order valence-electron chi connectivity index (χ2n) is 7.94. The number of hydrogen-bond donors (Lipinski definition) is 2. The van der Waals surface area contributed by atoms with Crippen LogP contribution in [0.1, 0.15) is 35.3 Å². The van der Waals surface area contributed by atoms with Gasteiger partial charge in [-0.15, -0.1) is 11.3 Å². The number of hydrogen-bond acceptors (Lipinski definition) is 7. The zero-order chi connectivity index (χ0) is 25.3. The third-order valence-corrected chi connectivity index (χ3v) is 6.85. The fourth-order valence-electron chi connectivity index (χ4n) is 3.82. The zero-order valence-electron chi connectivity index (χ0n) is 19.5. The molecule has 2 unspecified atom stereocenters. The fraction of sp³-hybridized carbons (Fsp3) is 0.280. The van der Waals surface area contributed by atoms with E-state index in [2.05, 4.69) is 15.3 Å². The number of ether oxygens (including phenoxy) is 2. The van der Waals surface area contributed by atoms with Gasteiger partial charge in [0.05, 0.1) is 25.8 Å². The van der Waals surface area contributed by atoms with Crippen molar-refractivity contribution in [2.45, 2.75) is 32.2 Å². The summed E-state index contributed by atoms with van der Waals surface area (Å²) in [5.41, 5.74) is 0.861. The van der Waals surface area contributed by atoms with Gasteiger partial charge >= 0.3 is 6.18 Å². The summed E-state index contributed by atoms with van der Waals surface area (Å²) in [6, 6.07) is 13.0. The average Bonchev–Trinajstić information content (AvgIpc) is 3.32. The molecule has 0 saturated heterocycles. The van der Waals surface area contributed by atoms with E-state index in [1.807, 2.05) is 13.0 Å². The highest BCUT2D eigenvalue weighted by Gasteiger charge is 2.40. The highest BCUT2D eigenvalue weighted by molar-refractivity contribution is 7.15. The van der Waals surface area contributed by atoms with Gasteiger partial charge < -0.3 is 19.9 Å². The Bertz CT molecular complexity index is 1360. The first-order chi connectivity index (χ1) is 16.6. The van der Waals surface area contributed by atoms with Crippen molar-refractivity contribution in [3.63, 3.8) is 0 Å². The van der Waals surface area contributed by atoms with Crippen molar-refractivity contribution in [1.29, 1.82) is 0 Å². The SMILES string of the molecule is COc1cc2nc(C)nc(NC(C)c3ccc(-c4ccccc4C(O)C(F)(F)F)s3)c2cc1OC. The lowest BCUT2D eigenvalue weighted by Gasteiger charge is -2.18. The monoisotopic (exact) mass is 503 g/mol. The summed E-state index contributed by atoms with van der Waals surface area (Å²) in [4.78, 5) is 10.6. The molecule has 2 aromatic heterocycles. The number of nitrogens with one attached hydrogen (secondary N) is 1. The lowest BCUT2D eigenvalue weighted by Crippen LogP contribution is -2.20. The number of aryl methyl sites for hydroxylation is 1. The van der Waals surface area contributed by atoms with Crippen molar-refractivity contribution in [3.8, 4) is 21.9 Å². The Morgan fingerprint density at radius 3 is 2.37 bits per heavy atom. The van der Waals surface area contributed by atoms with E-state index < -0.39 is 12.3 Å². The molecular weight excluding hydrogens is 479 g/mol. The Morgan fingerprint density at radius 1 is 1.00 bits per heavy atom. The summed E-state index contributed by atoms with van der Waals surface area (Å²) in [5.74, 6) is 2.27. The first kappa shape index (κ1) is 24.7. The number of methoxy groups -OCH3 is 2. The molecule has 0 spiro atoms. The van der Waals surface area contributed by atoms with Crippen molar-refractivity contribution in [2.75, 3.05) is 19.5 Å². The molecular formula is C25H24F3N3O3S. The summed E-state index contributed by atoms with van der Waals surface area (Å²) < 4.78 is 50.3. The molecule has 35 heavy (non-hydrogen) atoms. The van der Waals surface area contributed by atoms with Crippen LogP contribution in [0.3, 0.4) is 0 Å². The lowest BCUT2D eigenvalue weighted by molar-refractivity contribution is -0.206. The third kappa shape index (κ3) is 5.03. The minimum Gasteiger partial charge on any atom is -0.493 e. The standard InChI is InChI=1S/C25H24F3N3O3S/c1-13(29-24-17-11-19(33-3)20(34-4)12-18(17)30-14(2)31-24)21-9-10-22(35-21)15-7-5-6-8-16(15)23(32)25(26,27)28/h5-13,23,32H,1-4H3,(H,29,30,31). The number of aromatic nitrogens is 2. The van der Waals surface area contributed by atoms with Gasteiger partial charge in [0.25, 0.3) is 0 Å². The molecule has 2 N–H and O–H groups in total. The van der Waals surface area contributed by atoms with Gasteiger partial charge in [0.2, 0.25) is 0 Å². The van der Waals surface area contributed by atoms with Crippen molar-refractivity contribution in [3.05, 3.63) is 64.8 Å². The number of nitrogens with zero attached hydrogens (tertiary/aromatic N) is 2. The predicted octanol–water partition coefficient (Wildman–Crippen LogP) is 6.45. The third-order valence-electron chi connectivity index (χ3n) is 5.55. The summed E-state index contributed by atoms with van der Waals surface area (Å²) >= 11 is 1.35. The van der Waals surface area contributed by atoms with Crippen LogP contribution < -0.4 is 14.8 Å². The predicted molar refractivity (Wildman–Crippen MR) is 130 cm³/mol. The number of halogens is 3. The molecule has 4 rings (SSSR count). The van der Waals surface area contributed by atoms with E-state index >= 15 is 0 Å². The second-order valence-corrected chi connectivity index (χ2v) is 9.06. The highest BCUT2D eigenvalue weighted by atomic mass is 32.1. The summed E-state index contributed by atoms with van der Waals surface area (Å²) in [7, 11) is 3.11. The molecule has 0 aliphatic carbocycles. The maximum Gasteiger partial charge on any atom is 0.418 e.